The number of hydrogen-bond acceptors (Lipinski definition) is 4. The maximum Gasteiger partial charge on any atom is 0.341 e. The van der Waals surface area contributed by atoms with Crippen molar-refractivity contribution in [1.82, 2.24) is 4.90 Å². The molecule has 0 bridgehead atoms. The van der Waals surface area contributed by atoms with Gasteiger partial charge >= 0.3 is 5.76 Å². The van der Waals surface area contributed by atoms with Gasteiger partial charge in [-0.15, -0.1) is 0 Å². The van der Waals surface area contributed by atoms with Gasteiger partial charge in [-0.05, 0) is 29.8 Å². The zero-order chi connectivity index (χ0) is 18.7. The van der Waals surface area contributed by atoms with Gasteiger partial charge in [0.15, 0.2) is 0 Å². The molecule has 26 heavy (non-hydrogen) atoms. The number of carbonyl (C=O) groups is 1. The number of halogens is 2. The first kappa shape index (κ1) is 18.5. The first-order valence-corrected chi connectivity index (χ1v) is 9.52. The van der Waals surface area contributed by atoms with Crippen LogP contribution in [0.1, 0.15) is 22.0 Å². The van der Waals surface area contributed by atoms with Crippen LogP contribution in [0.3, 0.4) is 0 Å². The molecule has 2 aromatic carbocycles. The van der Waals surface area contributed by atoms with Crippen LogP contribution < -0.4 is 0 Å². The molecule has 0 N–H and O–H groups in total. The zero-order valence-electron chi connectivity index (χ0n) is 13.7. The van der Waals surface area contributed by atoms with Crippen molar-refractivity contribution >= 4 is 15.7 Å². The highest BCUT2D eigenvalue weighted by atomic mass is 32.2. The van der Waals surface area contributed by atoms with Crippen LogP contribution in [0, 0.1) is 0 Å². The van der Waals surface area contributed by atoms with E-state index in [1.807, 2.05) is 30.3 Å². The molecule has 1 aliphatic rings. The number of ether oxygens (including phenoxy) is 1. The molecule has 1 heterocycles. The number of nitrogens with zero attached hydrogens (tertiary/aromatic N) is 1. The van der Waals surface area contributed by atoms with E-state index >= 15 is 0 Å². The standard InChI is InChI=1S/C18H17F2NO4S/c19-18(20)26(23,24)15-8-6-14(7-9-15)17(22)21-10-11-25-16(12-21)13-4-2-1-3-5-13/h1-9,16,18H,10-12H2/t16-/m0/s1. The normalized spacial score (nSPS) is 18.1. The molecule has 0 unspecified atom stereocenters. The van der Waals surface area contributed by atoms with E-state index in [0.717, 1.165) is 17.7 Å². The number of amides is 1. The van der Waals surface area contributed by atoms with Crippen LogP contribution in [-0.2, 0) is 14.6 Å². The fourth-order valence-corrected chi connectivity index (χ4v) is 3.50. The topological polar surface area (TPSA) is 63.7 Å². The molecule has 0 aromatic heterocycles. The van der Waals surface area contributed by atoms with E-state index in [9.17, 15) is 22.0 Å². The largest absolute Gasteiger partial charge is 0.370 e. The highest BCUT2D eigenvalue weighted by molar-refractivity contribution is 7.91. The minimum Gasteiger partial charge on any atom is -0.370 e. The average Bonchev–Trinajstić information content (AvgIpc) is 2.68. The van der Waals surface area contributed by atoms with E-state index in [2.05, 4.69) is 0 Å². The number of hydrogen-bond donors (Lipinski definition) is 0. The van der Waals surface area contributed by atoms with Crippen LogP contribution in [0.15, 0.2) is 59.5 Å². The molecular weight excluding hydrogens is 364 g/mol. The Morgan fingerprint density at radius 2 is 1.73 bits per heavy atom. The van der Waals surface area contributed by atoms with E-state index < -0.39 is 20.5 Å². The van der Waals surface area contributed by atoms with Gasteiger partial charge in [0.05, 0.1) is 18.0 Å². The van der Waals surface area contributed by atoms with Gasteiger partial charge in [0.2, 0.25) is 9.84 Å². The number of carbonyl (C=O) groups excluding carboxylic acids is 1. The van der Waals surface area contributed by atoms with E-state index in [-0.39, 0.29) is 17.6 Å². The van der Waals surface area contributed by atoms with Crippen molar-refractivity contribution in [2.75, 3.05) is 19.7 Å². The van der Waals surface area contributed by atoms with Crippen molar-refractivity contribution in [1.29, 1.82) is 0 Å². The summed E-state index contributed by atoms with van der Waals surface area (Å²) in [7, 11) is -4.67. The van der Waals surface area contributed by atoms with Gasteiger partial charge in [-0.1, -0.05) is 30.3 Å². The Morgan fingerprint density at radius 1 is 1.08 bits per heavy atom. The fraction of sp³-hybridized carbons (Fsp3) is 0.278. The molecule has 1 saturated heterocycles. The Labute approximate surface area is 150 Å². The van der Waals surface area contributed by atoms with Gasteiger partial charge in [-0.2, -0.15) is 8.78 Å². The number of benzene rings is 2. The van der Waals surface area contributed by atoms with Gasteiger partial charge in [-0.3, -0.25) is 4.79 Å². The Hall–Kier alpha value is -2.32. The third kappa shape index (κ3) is 3.76. The van der Waals surface area contributed by atoms with Gasteiger partial charge < -0.3 is 9.64 Å². The minimum absolute atomic E-state index is 0.243. The van der Waals surface area contributed by atoms with Crippen molar-refractivity contribution < 1.29 is 26.7 Å². The van der Waals surface area contributed by atoms with Crippen LogP contribution in [0.5, 0.6) is 0 Å². The molecule has 1 atom stereocenters. The molecule has 1 amide bonds. The van der Waals surface area contributed by atoms with Crippen molar-refractivity contribution in [3.05, 3.63) is 65.7 Å². The summed E-state index contributed by atoms with van der Waals surface area (Å²) in [6, 6.07) is 14.1. The van der Waals surface area contributed by atoms with Gasteiger partial charge in [0.1, 0.15) is 6.10 Å². The molecule has 0 aliphatic carbocycles. The summed E-state index contributed by atoms with van der Waals surface area (Å²) in [6.07, 6.45) is -0.243. The Bertz CT molecular complexity index is 870. The number of rotatable bonds is 4. The van der Waals surface area contributed by atoms with Crippen LogP contribution in [0.25, 0.3) is 0 Å². The SMILES string of the molecule is O=C(c1ccc(S(=O)(=O)C(F)F)cc1)N1CCO[C@H](c2ccccc2)C1. The predicted molar refractivity (Wildman–Crippen MR) is 90.7 cm³/mol. The van der Waals surface area contributed by atoms with Gasteiger partial charge in [0.25, 0.3) is 5.91 Å². The lowest BCUT2D eigenvalue weighted by Gasteiger charge is -2.33. The van der Waals surface area contributed by atoms with Crippen LogP contribution in [0.4, 0.5) is 8.78 Å². The molecule has 0 saturated carbocycles. The van der Waals surface area contributed by atoms with Crippen molar-refractivity contribution in [2.45, 2.75) is 16.8 Å². The lowest BCUT2D eigenvalue weighted by molar-refractivity contribution is -0.0228. The molecule has 0 spiro atoms. The summed E-state index contributed by atoms with van der Waals surface area (Å²) in [5, 5.41) is 0. The monoisotopic (exact) mass is 381 g/mol. The first-order valence-electron chi connectivity index (χ1n) is 7.97. The van der Waals surface area contributed by atoms with Crippen LogP contribution in [-0.4, -0.2) is 44.7 Å². The molecule has 0 radical (unpaired) electrons. The minimum atomic E-state index is -4.67. The summed E-state index contributed by atoms with van der Waals surface area (Å²) in [5.74, 6) is -3.79. The second kappa shape index (κ2) is 7.51. The molecule has 1 aliphatic heterocycles. The second-order valence-electron chi connectivity index (χ2n) is 5.85. The van der Waals surface area contributed by atoms with E-state index in [1.54, 1.807) is 4.90 Å². The third-order valence-corrected chi connectivity index (χ3v) is 5.59. The Kier molecular flexibility index (Phi) is 5.33. The molecule has 138 valence electrons. The highest BCUT2D eigenvalue weighted by Crippen LogP contribution is 2.24. The fourth-order valence-electron chi connectivity index (χ4n) is 2.78. The number of morpholine rings is 1. The number of alkyl halides is 2. The first-order chi connectivity index (χ1) is 12.4. The Balaban J connectivity index is 1.75. The molecule has 8 heteroatoms. The summed E-state index contributed by atoms with van der Waals surface area (Å²) in [6.45, 7) is 1.14. The summed E-state index contributed by atoms with van der Waals surface area (Å²) < 4.78 is 53.8. The summed E-state index contributed by atoms with van der Waals surface area (Å²) in [5.41, 5.74) is 1.20. The quantitative estimate of drug-likeness (QED) is 0.817. The molecule has 1 fully saturated rings. The van der Waals surface area contributed by atoms with E-state index in [4.69, 9.17) is 4.74 Å². The zero-order valence-corrected chi connectivity index (χ0v) is 14.5. The molecule has 5 nitrogen and oxygen atoms in total. The third-order valence-electron chi connectivity index (χ3n) is 4.19. The van der Waals surface area contributed by atoms with E-state index in [0.29, 0.717) is 19.7 Å². The summed E-state index contributed by atoms with van der Waals surface area (Å²) >= 11 is 0. The van der Waals surface area contributed by atoms with Crippen molar-refractivity contribution in [3.8, 4) is 0 Å². The lowest BCUT2D eigenvalue weighted by atomic mass is 10.1. The average molecular weight is 381 g/mol. The molecule has 3 rings (SSSR count). The number of sulfone groups is 1. The van der Waals surface area contributed by atoms with Crippen molar-refractivity contribution in [3.63, 3.8) is 0 Å². The maximum atomic E-state index is 12.6. The highest BCUT2D eigenvalue weighted by Gasteiger charge is 2.28. The molecule has 2 aromatic rings. The van der Waals surface area contributed by atoms with Gasteiger partial charge in [0, 0.05) is 12.1 Å². The van der Waals surface area contributed by atoms with Crippen LogP contribution in [0.2, 0.25) is 0 Å². The lowest BCUT2D eigenvalue weighted by Crippen LogP contribution is -2.42. The molecular formula is C18H17F2NO4S. The smallest absolute Gasteiger partial charge is 0.341 e. The van der Waals surface area contributed by atoms with E-state index in [1.165, 1.54) is 12.1 Å². The second-order valence-corrected chi connectivity index (χ2v) is 7.77. The predicted octanol–water partition coefficient (Wildman–Crippen LogP) is 2.90. The van der Waals surface area contributed by atoms with Gasteiger partial charge in [-0.25, -0.2) is 8.42 Å². The maximum absolute atomic E-state index is 12.6. The van der Waals surface area contributed by atoms with Crippen LogP contribution >= 0.6 is 0 Å². The summed E-state index contributed by atoms with van der Waals surface area (Å²) in [4.78, 5) is 13.7. The Morgan fingerprint density at radius 3 is 2.35 bits per heavy atom. The van der Waals surface area contributed by atoms with Crippen molar-refractivity contribution in [2.24, 2.45) is 0 Å².